The van der Waals surface area contributed by atoms with Crippen LogP contribution in [-0.2, 0) is 17.6 Å². The molecule has 1 aromatic carbocycles. The second kappa shape index (κ2) is 10.9. The van der Waals surface area contributed by atoms with Gasteiger partial charge in [0.25, 0.3) is 5.91 Å². The van der Waals surface area contributed by atoms with Crippen molar-refractivity contribution in [3.63, 3.8) is 0 Å². The molecule has 2 bridgehead atoms. The van der Waals surface area contributed by atoms with Crippen LogP contribution < -0.4 is 4.74 Å². The highest BCUT2D eigenvalue weighted by molar-refractivity contribution is 5.94. The summed E-state index contributed by atoms with van der Waals surface area (Å²) >= 11 is 0. The number of hydrogen-bond donors (Lipinski definition) is 1. The maximum Gasteiger partial charge on any atom is 0.274 e. The fourth-order valence-electron chi connectivity index (χ4n) is 5.04. The number of H-pyrrole nitrogens is 1. The molecule has 1 unspecified atom stereocenters. The highest BCUT2D eigenvalue weighted by atomic mass is 16.5. The van der Waals surface area contributed by atoms with Gasteiger partial charge in [-0.1, -0.05) is 19.1 Å². The quantitative estimate of drug-likeness (QED) is 0.749. The third kappa shape index (κ3) is 5.57. The zero-order valence-electron chi connectivity index (χ0n) is 19.9. The fourth-order valence-corrected chi connectivity index (χ4v) is 5.04. The van der Waals surface area contributed by atoms with E-state index >= 15 is 0 Å². The van der Waals surface area contributed by atoms with Gasteiger partial charge in [0.2, 0.25) is 5.91 Å². The maximum absolute atomic E-state index is 13.3. The maximum atomic E-state index is 13.3. The number of aromatic amines is 1. The topological polar surface area (TPSA) is 78.5 Å². The van der Waals surface area contributed by atoms with E-state index in [1.807, 2.05) is 26.0 Å². The van der Waals surface area contributed by atoms with Crippen molar-refractivity contribution in [2.75, 3.05) is 26.2 Å². The van der Waals surface area contributed by atoms with Crippen molar-refractivity contribution in [1.82, 2.24) is 20.0 Å². The van der Waals surface area contributed by atoms with Crippen molar-refractivity contribution in [2.24, 2.45) is 0 Å². The Labute approximate surface area is 196 Å². The van der Waals surface area contributed by atoms with Gasteiger partial charge in [-0.05, 0) is 69.6 Å². The molecule has 0 radical (unpaired) electrons. The molecule has 2 aliphatic heterocycles. The van der Waals surface area contributed by atoms with Crippen LogP contribution in [-0.4, -0.2) is 64.1 Å². The molecule has 2 aliphatic rings. The minimum Gasteiger partial charge on any atom is -0.492 e. The van der Waals surface area contributed by atoms with Crippen LogP contribution in [0, 0.1) is 6.92 Å². The van der Waals surface area contributed by atoms with Gasteiger partial charge in [0.15, 0.2) is 5.69 Å². The number of rotatable bonds is 2. The second-order valence-corrected chi connectivity index (χ2v) is 9.20. The summed E-state index contributed by atoms with van der Waals surface area (Å²) < 4.78 is 6.02. The van der Waals surface area contributed by atoms with Crippen molar-refractivity contribution < 1.29 is 14.3 Å². The number of carbonyl (C=O) groups is 2. The molecule has 7 nitrogen and oxygen atoms in total. The van der Waals surface area contributed by atoms with Crippen molar-refractivity contribution in [1.29, 1.82) is 0 Å². The molecule has 0 saturated carbocycles. The van der Waals surface area contributed by atoms with E-state index in [1.165, 1.54) is 12.0 Å². The van der Waals surface area contributed by atoms with E-state index in [9.17, 15) is 9.59 Å². The number of amides is 2. The van der Waals surface area contributed by atoms with Gasteiger partial charge in [-0.3, -0.25) is 14.7 Å². The highest BCUT2D eigenvalue weighted by Gasteiger charge is 2.27. The number of ether oxygens (including phenoxy) is 1. The van der Waals surface area contributed by atoms with Gasteiger partial charge < -0.3 is 14.5 Å². The van der Waals surface area contributed by atoms with Crippen LogP contribution in [0.2, 0.25) is 0 Å². The fraction of sp³-hybridized carbons (Fsp3) is 0.577. The molecule has 1 atom stereocenters. The molecule has 2 aromatic rings. The molecule has 7 heteroatoms. The molecular weight excluding hydrogens is 416 g/mol. The molecule has 1 aromatic heterocycles. The second-order valence-electron chi connectivity index (χ2n) is 9.20. The molecule has 4 rings (SSSR count). The molecule has 3 heterocycles. The minimum atomic E-state index is -0.103. The Morgan fingerprint density at radius 3 is 2.85 bits per heavy atom. The first-order valence-electron chi connectivity index (χ1n) is 12.4. The van der Waals surface area contributed by atoms with E-state index in [4.69, 9.17) is 4.74 Å². The summed E-state index contributed by atoms with van der Waals surface area (Å²) in [4.78, 5) is 30.3. The van der Waals surface area contributed by atoms with Gasteiger partial charge in [-0.2, -0.15) is 5.10 Å². The predicted molar refractivity (Wildman–Crippen MR) is 127 cm³/mol. The van der Waals surface area contributed by atoms with Crippen LogP contribution >= 0.6 is 0 Å². The number of hydrogen-bond acceptors (Lipinski definition) is 4. The van der Waals surface area contributed by atoms with E-state index in [-0.39, 0.29) is 11.8 Å². The molecule has 33 heavy (non-hydrogen) atoms. The highest BCUT2D eigenvalue weighted by Crippen LogP contribution is 2.24. The lowest BCUT2D eigenvalue weighted by atomic mass is 9.95. The third-order valence-corrected chi connectivity index (χ3v) is 7.01. The van der Waals surface area contributed by atoms with Gasteiger partial charge in [-0.25, -0.2) is 0 Å². The summed E-state index contributed by atoms with van der Waals surface area (Å²) in [5, 5.41) is 7.28. The lowest BCUT2D eigenvalue weighted by molar-refractivity contribution is -0.135. The monoisotopic (exact) mass is 452 g/mol. The Bertz CT molecular complexity index is 970. The molecule has 1 saturated heterocycles. The summed E-state index contributed by atoms with van der Waals surface area (Å²) in [6, 6.07) is 8.51. The normalized spacial score (nSPS) is 20.4. The van der Waals surface area contributed by atoms with E-state index in [2.05, 4.69) is 27.2 Å². The summed E-state index contributed by atoms with van der Waals surface area (Å²) in [6.45, 7) is 6.20. The summed E-state index contributed by atoms with van der Waals surface area (Å²) in [5.41, 5.74) is 3.58. The van der Waals surface area contributed by atoms with Crippen molar-refractivity contribution in [3.05, 3.63) is 46.8 Å². The average Bonchev–Trinajstić information content (AvgIpc) is 3.21. The van der Waals surface area contributed by atoms with E-state index in [0.29, 0.717) is 44.3 Å². The van der Waals surface area contributed by atoms with Gasteiger partial charge >= 0.3 is 0 Å². The Morgan fingerprint density at radius 1 is 1.15 bits per heavy atom. The lowest BCUT2D eigenvalue weighted by Crippen LogP contribution is -2.44. The Kier molecular flexibility index (Phi) is 7.68. The number of fused-ring (bicyclic) bond motifs is 3. The lowest BCUT2D eigenvalue weighted by Gasteiger charge is -2.36. The average molecular weight is 453 g/mol. The molecule has 2 amide bonds. The van der Waals surface area contributed by atoms with E-state index < -0.39 is 0 Å². The standard InChI is InChI=1S/C26H36N4O3/c1-3-23-19(2)25(28-27-23)26(32)29-14-7-11-24(31)30-15-5-4-9-21(30)13-12-20-8-6-10-22(18-20)33-17-16-29/h6,8,10,18,21H,3-5,7,9,11-17H2,1-2H3,(H,27,28). The number of aryl methyl sites for hydroxylation is 2. The minimum absolute atomic E-state index is 0.103. The van der Waals surface area contributed by atoms with E-state index in [1.54, 1.807) is 4.90 Å². The molecule has 0 spiro atoms. The van der Waals surface area contributed by atoms with Crippen LogP contribution in [0.5, 0.6) is 5.75 Å². The van der Waals surface area contributed by atoms with Crippen LogP contribution in [0.3, 0.4) is 0 Å². The first-order chi connectivity index (χ1) is 16.1. The van der Waals surface area contributed by atoms with Crippen LogP contribution in [0.4, 0.5) is 0 Å². The predicted octanol–water partition coefficient (Wildman–Crippen LogP) is 3.91. The first-order valence-corrected chi connectivity index (χ1v) is 12.4. The van der Waals surface area contributed by atoms with Gasteiger partial charge in [0, 0.05) is 36.8 Å². The zero-order chi connectivity index (χ0) is 23.2. The Balaban J connectivity index is 1.54. The van der Waals surface area contributed by atoms with Crippen LogP contribution in [0.1, 0.15) is 72.8 Å². The summed E-state index contributed by atoms with van der Waals surface area (Å²) in [5.74, 6) is 0.945. The van der Waals surface area contributed by atoms with Crippen molar-refractivity contribution >= 4 is 11.8 Å². The SMILES string of the molecule is CCc1[nH]nc(C(=O)N2CCCC(=O)N3CCCCC3CCc3cccc(c3)OCC2)c1C. The van der Waals surface area contributed by atoms with Gasteiger partial charge in [-0.15, -0.1) is 0 Å². The Hall–Kier alpha value is -2.83. The molecule has 178 valence electrons. The van der Waals surface area contributed by atoms with Gasteiger partial charge in [0.1, 0.15) is 12.4 Å². The third-order valence-electron chi connectivity index (χ3n) is 7.01. The first kappa shape index (κ1) is 23.3. The number of nitrogens with zero attached hydrogens (tertiary/aromatic N) is 3. The smallest absolute Gasteiger partial charge is 0.274 e. The van der Waals surface area contributed by atoms with E-state index in [0.717, 1.165) is 55.7 Å². The number of nitrogens with one attached hydrogen (secondary N) is 1. The zero-order valence-corrected chi connectivity index (χ0v) is 19.9. The number of carbonyl (C=O) groups excluding carboxylic acids is 2. The number of benzene rings is 1. The molecule has 0 aliphatic carbocycles. The Morgan fingerprint density at radius 2 is 2.03 bits per heavy atom. The molecule has 1 N–H and O–H groups in total. The summed E-state index contributed by atoms with van der Waals surface area (Å²) in [6.07, 6.45) is 7.17. The number of aromatic nitrogens is 2. The largest absolute Gasteiger partial charge is 0.492 e. The van der Waals surface area contributed by atoms with Gasteiger partial charge in [0.05, 0.1) is 6.54 Å². The van der Waals surface area contributed by atoms with Crippen LogP contribution in [0.25, 0.3) is 0 Å². The van der Waals surface area contributed by atoms with Crippen molar-refractivity contribution in [2.45, 2.75) is 71.3 Å². The number of piperidine rings is 1. The summed E-state index contributed by atoms with van der Waals surface area (Å²) in [7, 11) is 0. The molecule has 1 fully saturated rings. The molecular formula is C26H36N4O3. The van der Waals surface area contributed by atoms with Crippen LogP contribution in [0.15, 0.2) is 24.3 Å². The van der Waals surface area contributed by atoms with Crippen molar-refractivity contribution in [3.8, 4) is 5.75 Å².